The number of benzene rings is 1. The highest BCUT2D eigenvalue weighted by Crippen LogP contribution is 2.22. The number of hydrogen-bond acceptors (Lipinski definition) is 4. The minimum absolute atomic E-state index is 0.193. The normalized spacial score (nSPS) is 10.9. The zero-order valence-electron chi connectivity index (χ0n) is 15.8. The van der Waals surface area contributed by atoms with Crippen LogP contribution in [0, 0.1) is 13.8 Å². The maximum atomic E-state index is 12.6. The molecule has 2 heterocycles. The SMILES string of the molecule is Cc1ccc(C)c(OCc2ccc(C(=O)N(C)Cc3c(Br)cnn3C)o2)c1. The summed E-state index contributed by atoms with van der Waals surface area (Å²) in [7, 11) is 3.57. The van der Waals surface area contributed by atoms with Gasteiger partial charge in [-0.1, -0.05) is 12.1 Å². The summed E-state index contributed by atoms with van der Waals surface area (Å²) in [5.74, 6) is 1.52. The third-order valence-electron chi connectivity index (χ3n) is 4.33. The predicted molar refractivity (Wildman–Crippen MR) is 106 cm³/mol. The highest BCUT2D eigenvalue weighted by Gasteiger charge is 2.19. The fraction of sp³-hybridized carbons (Fsp3) is 0.300. The molecule has 0 bridgehead atoms. The number of halogens is 1. The maximum absolute atomic E-state index is 12.6. The molecule has 1 aromatic carbocycles. The van der Waals surface area contributed by atoms with Gasteiger partial charge in [-0.2, -0.15) is 5.10 Å². The highest BCUT2D eigenvalue weighted by atomic mass is 79.9. The number of furan rings is 1. The topological polar surface area (TPSA) is 60.5 Å². The summed E-state index contributed by atoms with van der Waals surface area (Å²) in [6, 6.07) is 9.50. The van der Waals surface area contributed by atoms with Crippen LogP contribution in [0.4, 0.5) is 0 Å². The first-order valence-electron chi connectivity index (χ1n) is 8.55. The largest absolute Gasteiger partial charge is 0.485 e. The van der Waals surface area contributed by atoms with E-state index < -0.39 is 0 Å². The molecule has 2 aromatic heterocycles. The summed E-state index contributed by atoms with van der Waals surface area (Å²) in [6.45, 7) is 4.71. The second-order valence-corrected chi connectivity index (χ2v) is 7.40. The number of aryl methyl sites for hydroxylation is 3. The number of amides is 1. The number of carbonyl (C=O) groups excluding carboxylic acids is 1. The number of rotatable bonds is 6. The zero-order valence-corrected chi connectivity index (χ0v) is 17.4. The van der Waals surface area contributed by atoms with E-state index in [1.807, 2.05) is 39.1 Å². The van der Waals surface area contributed by atoms with Crippen molar-refractivity contribution in [1.82, 2.24) is 14.7 Å². The second-order valence-electron chi connectivity index (χ2n) is 6.55. The van der Waals surface area contributed by atoms with E-state index in [2.05, 4.69) is 21.0 Å². The molecule has 7 heteroatoms. The molecular formula is C20H22BrN3O3. The molecule has 0 fully saturated rings. The van der Waals surface area contributed by atoms with Crippen molar-refractivity contribution in [3.8, 4) is 5.75 Å². The van der Waals surface area contributed by atoms with Gasteiger partial charge in [0, 0.05) is 14.1 Å². The first-order chi connectivity index (χ1) is 12.8. The number of carbonyl (C=O) groups is 1. The standard InChI is InChI=1S/C20H22BrN3O3/c1-13-5-6-14(2)19(9-13)26-12-15-7-8-18(27-15)20(25)23(3)11-17-16(21)10-22-24(17)4/h5-10H,11-12H2,1-4H3. The van der Waals surface area contributed by atoms with Gasteiger partial charge in [0.25, 0.3) is 5.91 Å². The molecule has 0 aliphatic carbocycles. The van der Waals surface area contributed by atoms with E-state index in [1.54, 1.807) is 35.0 Å². The molecule has 6 nitrogen and oxygen atoms in total. The lowest BCUT2D eigenvalue weighted by atomic mass is 10.1. The Balaban J connectivity index is 1.64. The zero-order chi connectivity index (χ0) is 19.6. The van der Waals surface area contributed by atoms with Gasteiger partial charge in [0.15, 0.2) is 5.76 Å². The summed E-state index contributed by atoms with van der Waals surface area (Å²) >= 11 is 3.45. The van der Waals surface area contributed by atoms with Crippen LogP contribution in [0.2, 0.25) is 0 Å². The van der Waals surface area contributed by atoms with Crippen LogP contribution in [-0.4, -0.2) is 27.6 Å². The Morgan fingerprint density at radius 1 is 1.30 bits per heavy atom. The molecular weight excluding hydrogens is 410 g/mol. The number of hydrogen-bond donors (Lipinski definition) is 0. The van der Waals surface area contributed by atoms with Crippen molar-refractivity contribution in [2.75, 3.05) is 7.05 Å². The van der Waals surface area contributed by atoms with E-state index in [0.29, 0.717) is 12.3 Å². The van der Waals surface area contributed by atoms with Crippen LogP contribution in [0.15, 0.2) is 45.4 Å². The van der Waals surface area contributed by atoms with Crippen molar-refractivity contribution >= 4 is 21.8 Å². The lowest BCUT2D eigenvalue weighted by molar-refractivity contribution is 0.0746. The van der Waals surface area contributed by atoms with Gasteiger partial charge in [0.1, 0.15) is 18.1 Å². The third-order valence-corrected chi connectivity index (χ3v) is 4.99. The van der Waals surface area contributed by atoms with Crippen molar-refractivity contribution in [3.05, 3.63) is 69.3 Å². The Kier molecular flexibility index (Phi) is 5.70. The Hall–Kier alpha value is -2.54. The quantitative estimate of drug-likeness (QED) is 0.585. The van der Waals surface area contributed by atoms with Gasteiger partial charge in [-0.3, -0.25) is 9.48 Å². The molecule has 3 rings (SSSR count). The predicted octanol–water partition coefficient (Wildman–Crippen LogP) is 4.24. The summed E-state index contributed by atoms with van der Waals surface area (Å²) in [4.78, 5) is 14.2. The molecule has 3 aromatic rings. The van der Waals surface area contributed by atoms with Gasteiger partial charge in [0.05, 0.1) is 22.9 Å². The molecule has 0 spiro atoms. The average molecular weight is 432 g/mol. The van der Waals surface area contributed by atoms with E-state index in [0.717, 1.165) is 27.0 Å². The molecule has 1 amide bonds. The second kappa shape index (κ2) is 8.00. The lowest BCUT2D eigenvalue weighted by Gasteiger charge is -2.16. The van der Waals surface area contributed by atoms with Gasteiger partial charge >= 0.3 is 0 Å². The number of ether oxygens (including phenoxy) is 1. The Labute approximate surface area is 166 Å². The monoisotopic (exact) mass is 431 g/mol. The van der Waals surface area contributed by atoms with Crippen LogP contribution >= 0.6 is 15.9 Å². The van der Waals surface area contributed by atoms with Gasteiger partial charge in [0.2, 0.25) is 0 Å². The summed E-state index contributed by atoms with van der Waals surface area (Å²) in [5.41, 5.74) is 3.11. The van der Waals surface area contributed by atoms with Gasteiger partial charge < -0.3 is 14.1 Å². The van der Waals surface area contributed by atoms with Crippen LogP contribution in [0.3, 0.4) is 0 Å². The van der Waals surface area contributed by atoms with Crippen molar-refractivity contribution < 1.29 is 13.9 Å². The molecule has 0 unspecified atom stereocenters. The molecule has 27 heavy (non-hydrogen) atoms. The van der Waals surface area contributed by atoms with Crippen LogP contribution in [0.5, 0.6) is 5.75 Å². The van der Waals surface area contributed by atoms with E-state index in [9.17, 15) is 4.79 Å². The molecule has 0 saturated heterocycles. The van der Waals surface area contributed by atoms with Crippen molar-refractivity contribution in [2.45, 2.75) is 27.0 Å². The number of nitrogens with zero attached hydrogens (tertiary/aromatic N) is 3. The first-order valence-corrected chi connectivity index (χ1v) is 9.35. The minimum atomic E-state index is -0.193. The fourth-order valence-corrected chi connectivity index (χ4v) is 3.15. The van der Waals surface area contributed by atoms with E-state index in [4.69, 9.17) is 9.15 Å². The summed E-state index contributed by atoms with van der Waals surface area (Å²) in [5, 5.41) is 4.16. The summed E-state index contributed by atoms with van der Waals surface area (Å²) < 4.78 is 14.1. The lowest BCUT2D eigenvalue weighted by Crippen LogP contribution is -2.27. The Morgan fingerprint density at radius 2 is 2.07 bits per heavy atom. The van der Waals surface area contributed by atoms with E-state index in [-0.39, 0.29) is 18.3 Å². The van der Waals surface area contributed by atoms with Crippen LogP contribution in [0.1, 0.15) is 33.1 Å². The van der Waals surface area contributed by atoms with Gasteiger partial charge in [-0.05, 0) is 59.1 Å². The maximum Gasteiger partial charge on any atom is 0.289 e. The van der Waals surface area contributed by atoms with Crippen LogP contribution in [0.25, 0.3) is 0 Å². The third kappa shape index (κ3) is 4.42. The molecule has 0 atom stereocenters. The van der Waals surface area contributed by atoms with E-state index >= 15 is 0 Å². The molecule has 0 radical (unpaired) electrons. The highest BCUT2D eigenvalue weighted by molar-refractivity contribution is 9.10. The first kappa shape index (κ1) is 19.2. The molecule has 0 aliphatic heterocycles. The molecule has 0 aliphatic rings. The Morgan fingerprint density at radius 3 is 2.78 bits per heavy atom. The van der Waals surface area contributed by atoms with Crippen LogP contribution < -0.4 is 4.74 Å². The molecule has 0 N–H and O–H groups in total. The number of aromatic nitrogens is 2. The van der Waals surface area contributed by atoms with Gasteiger partial charge in [-0.25, -0.2) is 0 Å². The van der Waals surface area contributed by atoms with Gasteiger partial charge in [-0.15, -0.1) is 0 Å². The van der Waals surface area contributed by atoms with Crippen molar-refractivity contribution in [1.29, 1.82) is 0 Å². The average Bonchev–Trinajstić information content (AvgIpc) is 3.24. The smallest absolute Gasteiger partial charge is 0.289 e. The molecule has 142 valence electrons. The van der Waals surface area contributed by atoms with Crippen LogP contribution in [-0.2, 0) is 20.2 Å². The Bertz CT molecular complexity index is 942. The van der Waals surface area contributed by atoms with E-state index in [1.165, 1.54) is 0 Å². The summed E-state index contributed by atoms with van der Waals surface area (Å²) in [6.07, 6.45) is 1.71. The minimum Gasteiger partial charge on any atom is -0.485 e. The molecule has 0 saturated carbocycles. The van der Waals surface area contributed by atoms with Crippen molar-refractivity contribution in [3.63, 3.8) is 0 Å². The van der Waals surface area contributed by atoms with Crippen molar-refractivity contribution in [2.24, 2.45) is 7.05 Å². The fourth-order valence-electron chi connectivity index (χ4n) is 2.68.